The number of carboxylic acids is 2. The van der Waals surface area contributed by atoms with Gasteiger partial charge in [-0.1, -0.05) is 23.7 Å². The lowest BCUT2D eigenvalue weighted by atomic mass is 9.95. The van der Waals surface area contributed by atoms with E-state index in [1.807, 2.05) is 0 Å². The van der Waals surface area contributed by atoms with Gasteiger partial charge in [0.1, 0.15) is 11.5 Å². The number of nitrogens with zero attached hydrogens (tertiary/aromatic N) is 2. The number of benzene rings is 2. The summed E-state index contributed by atoms with van der Waals surface area (Å²) in [5.41, 5.74) is 0.449. The largest absolute Gasteiger partial charge is 0.478 e. The summed E-state index contributed by atoms with van der Waals surface area (Å²) in [6.45, 7) is 1.67. The smallest absolute Gasteiger partial charge is 0.336 e. The molecule has 4 rings (SSSR count). The topological polar surface area (TPSA) is 102 Å². The molecular formula is C22H17ClFN3O4. The summed E-state index contributed by atoms with van der Waals surface area (Å²) in [5.74, 6) is -3.23. The van der Waals surface area contributed by atoms with Crippen molar-refractivity contribution in [3.8, 4) is 0 Å². The molecule has 3 N–H and O–H groups in total. The third-order valence-corrected chi connectivity index (χ3v) is 5.49. The van der Waals surface area contributed by atoms with Gasteiger partial charge in [0.15, 0.2) is 0 Å². The van der Waals surface area contributed by atoms with E-state index in [1.165, 1.54) is 6.07 Å². The molecule has 0 fully saturated rings. The van der Waals surface area contributed by atoms with E-state index in [0.717, 1.165) is 0 Å². The first-order valence-corrected chi connectivity index (χ1v) is 9.65. The number of carboxylic acid groups (broad SMARTS) is 2. The van der Waals surface area contributed by atoms with Gasteiger partial charge in [0.25, 0.3) is 0 Å². The fourth-order valence-electron chi connectivity index (χ4n) is 3.91. The number of nitrogens with one attached hydrogen (secondary N) is 1. The number of hydrogen-bond donors (Lipinski definition) is 3. The van der Waals surface area contributed by atoms with Crippen LogP contribution in [-0.2, 0) is 9.59 Å². The number of halogens is 2. The van der Waals surface area contributed by atoms with E-state index in [0.29, 0.717) is 33.8 Å². The highest BCUT2D eigenvalue weighted by Gasteiger charge is 2.46. The second kappa shape index (κ2) is 7.55. The van der Waals surface area contributed by atoms with Crippen molar-refractivity contribution in [1.29, 1.82) is 0 Å². The van der Waals surface area contributed by atoms with E-state index < -0.39 is 23.4 Å². The molecule has 2 heterocycles. The first-order valence-electron chi connectivity index (χ1n) is 9.27. The molecule has 2 aromatic rings. The SMILES string of the molecule is CC1(/C(=C/C(=O)O)C(=O)O)NC=C2CN=C(c3ccccc3F)c3cc(Cl)ccc3N21. The van der Waals surface area contributed by atoms with Crippen molar-refractivity contribution >= 4 is 34.9 Å². The number of aliphatic carboxylic acids is 2. The number of carbonyl (C=O) groups is 2. The van der Waals surface area contributed by atoms with Crippen LogP contribution in [0.25, 0.3) is 0 Å². The van der Waals surface area contributed by atoms with E-state index in [1.54, 1.807) is 54.4 Å². The maximum absolute atomic E-state index is 14.6. The molecule has 0 amide bonds. The van der Waals surface area contributed by atoms with E-state index in [4.69, 9.17) is 11.6 Å². The molecular weight excluding hydrogens is 425 g/mol. The Labute approximate surface area is 181 Å². The standard InChI is InChI=1S/C22H17ClFN3O4/c1-22(16(21(30)31)9-19(28)29)26-11-13-10-25-20(14-4-2-3-5-17(14)24)15-8-12(23)6-7-18(15)27(13)22/h2-9,11,26H,10H2,1H3,(H,28,29)(H,30,31)/b16-9+. The number of hydrogen-bond acceptors (Lipinski definition) is 5. The van der Waals surface area contributed by atoms with E-state index >= 15 is 0 Å². The van der Waals surface area contributed by atoms with Gasteiger partial charge in [-0.2, -0.15) is 0 Å². The molecule has 2 aromatic carbocycles. The normalized spacial score (nSPS) is 20.1. The highest BCUT2D eigenvalue weighted by molar-refractivity contribution is 6.31. The number of anilines is 1. The fourth-order valence-corrected chi connectivity index (χ4v) is 4.08. The van der Waals surface area contributed by atoms with Crippen LogP contribution in [0.3, 0.4) is 0 Å². The molecule has 9 heteroatoms. The van der Waals surface area contributed by atoms with Gasteiger partial charge in [-0.3, -0.25) is 4.99 Å². The van der Waals surface area contributed by atoms with Crippen LogP contribution in [0.4, 0.5) is 10.1 Å². The zero-order valence-electron chi connectivity index (χ0n) is 16.3. The Morgan fingerprint density at radius 3 is 2.65 bits per heavy atom. The van der Waals surface area contributed by atoms with Gasteiger partial charge in [0.05, 0.1) is 29.2 Å². The van der Waals surface area contributed by atoms with E-state index in [-0.39, 0.29) is 17.7 Å². The summed E-state index contributed by atoms with van der Waals surface area (Å²) < 4.78 is 14.6. The Morgan fingerprint density at radius 2 is 1.97 bits per heavy atom. The van der Waals surface area contributed by atoms with Gasteiger partial charge in [-0.25, -0.2) is 14.0 Å². The van der Waals surface area contributed by atoms with Crippen molar-refractivity contribution in [2.45, 2.75) is 12.6 Å². The minimum absolute atomic E-state index is 0.110. The van der Waals surface area contributed by atoms with Gasteiger partial charge in [0.2, 0.25) is 0 Å². The average Bonchev–Trinajstić information content (AvgIpc) is 2.95. The van der Waals surface area contributed by atoms with Crippen LogP contribution < -0.4 is 10.2 Å². The van der Waals surface area contributed by atoms with Crippen LogP contribution in [0.2, 0.25) is 5.02 Å². The molecule has 2 aliphatic rings. The third kappa shape index (κ3) is 3.44. The minimum atomic E-state index is -1.43. The molecule has 2 aliphatic heterocycles. The molecule has 0 spiro atoms. The van der Waals surface area contributed by atoms with Crippen molar-refractivity contribution in [2.24, 2.45) is 4.99 Å². The van der Waals surface area contributed by atoms with Gasteiger partial charge in [-0.15, -0.1) is 0 Å². The zero-order valence-corrected chi connectivity index (χ0v) is 17.0. The van der Waals surface area contributed by atoms with Crippen LogP contribution >= 0.6 is 11.6 Å². The predicted octanol–water partition coefficient (Wildman–Crippen LogP) is 3.39. The maximum atomic E-state index is 14.6. The van der Waals surface area contributed by atoms with Gasteiger partial charge in [-0.05, 0) is 37.3 Å². The number of fused-ring (bicyclic) bond motifs is 3. The Bertz CT molecular complexity index is 1210. The molecule has 1 atom stereocenters. The lowest BCUT2D eigenvalue weighted by Gasteiger charge is -2.39. The Kier molecular flexibility index (Phi) is 5.02. The lowest BCUT2D eigenvalue weighted by Crippen LogP contribution is -2.54. The van der Waals surface area contributed by atoms with Crippen LogP contribution in [0, 0.1) is 5.82 Å². The summed E-state index contributed by atoms with van der Waals surface area (Å²) >= 11 is 6.24. The Morgan fingerprint density at radius 1 is 1.23 bits per heavy atom. The molecule has 0 radical (unpaired) electrons. The molecule has 0 bridgehead atoms. The molecule has 0 saturated carbocycles. The zero-order chi connectivity index (χ0) is 22.3. The molecule has 7 nitrogen and oxygen atoms in total. The second-order valence-corrected chi connectivity index (χ2v) is 7.63. The van der Waals surface area contributed by atoms with Gasteiger partial charge >= 0.3 is 11.9 Å². The number of rotatable bonds is 4. The quantitative estimate of drug-likeness (QED) is 0.628. The summed E-state index contributed by atoms with van der Waals surface area (Å²) in [6.07, 6.45) is 2.25. The first-order chi connectivity index (χ1) is 14.7. The van der Waals surface area contributed by atoms with Crippen molar-refractivity contribution in [3.05, 3.63) is 88.0 Å². The summed E-state index contributed by atoms with van der Waals surface area (Å²) in [7, 11) is 0. The van der Waals surface area contributed by atoms with E-state index in [9.17, 15) is 24.2 Å². The first kappa shape index (κ1) is 20.6. The Balaban J connectivity index is 1.95. The molecule has 0 saturated heterocycles. The molecule has 0 aliphatic carbocycles. The van der Waals surface area contributed by atoms with Gasteiger partial charge < -0.3 is 20.4 Å². The van der Waals surface area contributed by atoms with Crippen LogP contribution in [0.1, 0.15) is 18.1 Å². The summed E-state index contributed by atoms with van der Waals surface area (Å²) in [6, 6.07) is 11.1. The summed E-state index contributed by atoms with van der Waals surface area (Å²) in [5, 5.41) is 22.4. The molecule has 1 unspecified atom stereocenters. The van der Waals surface area contributed by atoms with Crippen LogP contribution in [-0.4, -0.2) is 40.1 Å². The lowest BCUT2D eigenvalue weighted by molar-refractivity contribution is -0.135. The fraction of sp³-hybridized carbons (Fsp3) is 0.136. The second-order valence-electron chi connectivity index (χ2n) is 7.20. The molecule has 0 aromatic heterocycles. The predicted molar refractivity (Wildman–Crippen MR) is 114 cm³/mol. The molecule has 158 valence electrons. The Hall–Kier alpha value is -3.65. The van der Waals surface area contributed by atoms with E-state index in [2.05, 4.69) is 10.3 Å². The van der Waals surface area contributed by atoms with Crippen molar-refractivity contribution in [2.75, 3.05) is 11.4 Å². The maximum Gasteiger partial charge on any atom is 0.336 e. The monoisotopic (exact) mass is 441 g/mol. The molecule has 31 heavy (non-hydrogen) atoms. The summed E-state index contributed by atoms with van der Waals surface area (Å²) in [4.78, 5) is 29.5. The highest BCUT2D eigenvalue weighted by Crippen LogP contribution is 2.41. The van der Waals surface area contributed by atoms with Crippen molar-refractivity contribution in [3.63, 3.8) is 0 Å². The van der Waals surface area contributed by atoms with Gasteiger partial charge in [0, 0.05) is 28.4 Å². The van der Waals surface area contributed by atoms with Crippen molar-refractivity contribution in [1.82, 2.24) is 5.32 Å². The third-order valence-electron chi connectivity index (χ3n) is 5.26. The highest BCUT2D eigenvalue weighted by atomic mass is 35.5. The minimum Gasteiger partial charge on any atom is -0.478 e. The van der Waals surface area contributed by atoms with Crippen LogP contribution in [0.5, 0.6) is 0 Å². The van der Waals surface area contributed by atoms with Crippen molar-refractivity contribution < 1.29 is 24.2 Å². The van der Waals surface area contributed by atoms with Crippen LogP contribution in [0.15, 0.2) is 71.0 Å². The number of aliphatic imine (C=N–C) groups is 1. The average molecular weight is 442 g/mol.